The number of hydrogen-bond donors (Lipinski definition) is 3. The zero-order valence-corrected chi connectivity index (χ0v) is 6.53. The Morgan fingerprint density at radius 2 is 2.17 bits per heavy atom. The highest BCUT2D eigenvalue weighted by Crippen LogP contribution is 2.14. The molecule has 0 saturated heterocycles. The van der Waals surface area contributed by atoms with Crippen molar-refractivity contribution in [3.63, 3.8) is 0 Å². The van der Waals surface area contributed by atoms with Crippen molar-refractivity contribution in [2.45, 2.75) is 6.92 Å². The molecule has 0 aliphatic rings. The highest BCUT2D eigenvalue weighted by Gasteiger charge is 2.05. The lowest BCUT2D eigenvalue weighted by molar-refractivity contribution is 0.0696. The molecule has 3 N–H and O–H groups in total. The molecule has 0 fully saturated rings. The van der Waals surface area contributed by atoms with Gasteiger partial charge in [-0.3, -0.25) is 10.7 Å². The third-order valence-corrected chi connectivity index (χ3v) is 1.59. The van der Waals surface area contributed by atoms with Crippen LogP contribution in [0.2, 0.25) is 0 Å². The van der Waals surface area contributed by atoms with Crippen LogP contribution in [0.1, 0.15) is 15.9 Å². The van der Waals surface area contributed by atoms with Crippen molar-refractivity contribution >= 4 is 11.7 Å². The molecule has 12 heavy (non-hydrogen) atoms. The minimum atomic E-state index is -0.961. The minimum absolute atomic E-state index is 0.244. The van der Waals surface area contributed by atoms with Gasteiger partial charge in [0.1, 0.15) is 0 Å². The van der Waals surface area contributed by atoms with E-state index in [0.29, 0.717) is 11.3 Å². The van der Waals surface area contributed by atoms with Gasteiger partial charge in [-0.05, 0) is 30.7 Å². The smallest absolute Gasteiger partial charge is 0.335 e. The standard InChI is InChI=1S/C8H9NO3/c1-5-4-6(9-12)2-3-7(5)8(10)11/h2-4,9,12H,1H3,(H,10,11). The molecule has 0 unspecified atom stereocenters. The van der Waals surface area contributed by atoms with E-state index in [4.69, 9.17) is 10.3 Å². The molecule has 0 aromatic heterocycles. The molecule has 0 bridgehead atoms. The van der Waals surface area contributed by atoms with E-state index in [1.54, 1.807) is 13.0 Å². The number of rotatable bonds is 2. The lowest BCUT2D eigenvalue weighted by Crippen LogP contribution is -2.00. The van der Waals surface area contributed by atoms with Crippen molar-refractivity contribution in [3.05, 3.63) is 29.3 Å². The van der Waals surface area contributed by atoms with Crippen LogP contribution in [0, 0.1) is 6.92 Å². The fraction of sp³-hybridized carbons (Fsp3) is 0.125. The molecule has 64 valence electrons. The highest BCUT2D eigenvalue weighted by molar-refractivity contribution is 5.89. The molecular weight excluding hydrogens is 158 g/mol. The Labute approximate surface area is 69.4 Å². The number of aryl methyl sites for hydroxylation is 1. The first kappa shape index (κ1) is 8.55. The number of anilines is 1. The van der Waals surface area contributed by atoms with Gasteiger partial charge in [-0.15, -0.1) is 0 Å². The highest BCUT2D eigenvalue weighted by atomic mass is 16.5. The lowest BCUT2D eigenvalue weighted by Gasteiger charge is -2.02. The Kier molecular flexibility index (Phi) is 2.30. The van der Waals surface area contributed by atoms with Gasteiger partial charge in [-0.2, -0.15) is 0 Å². The normalized spacial score (nSPS) is 9.50. The summed E-state index contributed by atoms with van der Waals surface area (Å²) in [5.41, 5.74) is 3.28. The van der Waals surface area contributed by atoms with Gasteiger partial charge in [0, 0.05) is 0 Å². The number of carboxylic acids is 1. The fourth-order valence-corrected chi connectivity index (χ4v) is 0.973. The molecule has 1 rings (SSSR count). The summed E-state index contributed by atoms with van der Waals surface area (Å²) in [7, 11) is 0. The molecule has 0 aliphatic heterocycles. The number of nitrogens with one attached hydrogen (secondary N) is 1. The second-order valence-corrected chi connectivity index (χ2v) is 2.45. The quantitative estimate of drug-likeness (QED) is 0.584. The monoisotopic (exact) mass is 167 g/mol. The minimum Gasteiger partial charge on any atom is -0.478 e. The maximum absolute atomic E-state index is 10.5. The zero-order chi connectivity index (χ0) is 9.14. The molecule has 0 saturated carbocycles. The van der Waals surface area contributed by atoms with Crippen LogP contribution in [-0.4, -0.2) is 16.3 Å². The van der Waals surface area contributed by atoms with E-state index in [1.165, 1.54) is 12.1 Å². The Morgan fingerprint density at radius 3 is 2.58 bits per heavy atom. The van der Waals surface area contributed by atoms with E-state index in [2.05, 4.69) is 0 Å². The van der Waals surface area contributed by atoms with Gasteiger partial charge in [-0.1, -0.05) is 0 Å². The molecule has 0 radical (unpaired) electrons. The topological polar surface area (TPSA) is 69.6 Å². The molecular formula is C8H9NO3. The molecule has 0 amide bonds. The molecule has 0 spiro atoms. The summed E-state index contributed by atoms with van der Waals surface area (Å²) in [5.74, 6) is -0.961. The third-order valence-electron chi connectivity index (χ3n) is 1.59. The fourth-order valence-electron chi connectivity index (χ4n) is 0.973. The van der Waals surface area contributed by atoms with Crippen molar-refractivity contribution in [1.82, 2.24) is 0 Å². The van der Waals surface area contributed by atoms with Crippen molar-refractivity contribution in [1.29, 1.82) is 0 Å². The van der Waals surface area contributed by atoms with Crippen LogP contribution in [0.5, 0.6) is 0 Å². The second kappa shape index (κ2) is 3.23. The number of carboxylic acid groups (broad SMARTS) is 1. The summed E-state index contributed by atoms with van der Waals surface area (Å²) >= 11 is 0. The SMILES string of the molecule is Cc1cc(NO)ccc1C(=O)O. The summed E-state index contributed by atoms with van der Waals surface area (Å²) in [4.78, 5) is 10.5. The Bertz CT molecular complexity index is 309. The summed E-state index contributed by atoms with van der Waals surface area (Å²) < 4.78 is 0. The van der Waals surface area contributed by atoms with Crippen LogP contribution >= 0.6 is 0 Å². The first-order valence-corrected chi connectivity index (χ1v) is 3.39. The molecule has 1 aromatic carbocycles. The largest absolute Gasteiger partial charge is 0.478 e. The molecule has 4 heteroatoms. The van der Waals surface area contributed by atoms with Gasteiger partial charge < -0.3 is 5.11 Å². The lowest BCUT2D eigenvalue weighted by atomic mass is 10.1. The molecule has 0 heterocycles. The van der Waals surface area contributed by atoms with E-state index >= 15 is 0 Å². The van der Waals surface area contributed by atoms with Crippen molar-refractivity contribution < 1.29 is 15.1 Å². The van der Waals surface area contributed by atoms with Crippen LogP contribution in [0.3, 0.4) is 0 Å². The van der Waals surface area contributed by atoms with Crippen molar-refractivity contribution in [2.24, 2.45) is 0 Å². The van der Waals surface area contributed by atoms with Crippen molar-refractivity contribution in [3.8, 4) is 0 Å². The average molecular weight is 167 g/mol. The predicted molar refractivity (Wildman–Crippen MR) is 43.5 cm³/mol. The first-order valence-electron chi connectivity index (χ1n) is 3.39. The number of aromatic carboxylic acids is 1. The Morgan fingerprint density at radius 1 is 1.50 bits per heavy atom. The predicted octanol–water partition coefficient (Wildman–Crippen LogP) is 1.49. The summed E-state index contributed by atoms with van der Waals surface area (Å²) in [6.07, 6.45) is 0. The van der Waals surface area contributed by atoms with Crippen LogP contribution in [-0.2, 0) is 0 Å². The summed E-state index contributed by atoms with van der Waals surface area (Å²) in [5, 5.41) is 17.1. The second-order valence-electron chi connectivity index (χ2n) is 2.45. The van der Waals surface area contributed by atoms with Gasteiger partial charge in [0.05, 0.1) is 11.3 Å². The average Bonchev–Trinajstić information content (AvgIpc) is 2.03. The van der Waals surface area contributed by atoms with Crippen LogP contribution < -0.4 is 5.48 Å². The van der Waals surface area contributed by atoms with E-state index < -0.39 is 5.97 Å². The number of hydrogen-bond acceptors (Lipinski definition) is 3. The van der Waals surface area contributed by atoms with E-state index in [-0.39, 0.29) is 5.56 Å². The number of carbonyl (C=O) groups is 1. The Hall–Kier alpha value is -1.55. The molecule has 0 atom stereocenters. The van der Waals surface area contributed by atoms with Gasteiger partial charge in [0.2, 0.25) is 0 Å². The van der Waals surface area contributed by atoms with Gasteiger partial charge in [0.15, 0.2) is 0 Å². The first-order chi connectivity index (χ1) is 5.65. The van der Waals surface area contributed by atoms with Crippen LogP contribution in [0.4, 0.5) is 5.69 Å². The molecule has 1 aromatic rings. The maximum Gasteiger partial charge on any atom is 0.335 e. The van der Waals surface area contributed by atoms with Crippen molar-refractivity contribution in [2.75, 3.05) is 5.48 Å². The van der Waals surface area contributed by atoms with Crippen LogP contribution in [0.25, 0.3) is 0 Å². The van der Waals surface area contributed by atoms with Gasteiger partial charge >= 0.3 is 5.97 Å². The van der Waals surface area contributed by atoms with Gasteiger partial charge in [0.25, 0.3) is 0 Å². The number of benzene rings is 1. The van der Waals surface area contributed by atoms with E-state index in [1.807, 2.05) is 5.48 Å². The zero-order valence-electron chi connectivity index (χ0n) is 6.53. The van der Waals surface area contributed by atoms with E-state index in [9.17, 15) is 4.79 Å². The van der Waals surface area contributed by atoms with E-state index in [0.717, 1.165) is 0 Å². The third kappa shape index (κ3) is 1.54. The maximum atomic E-state index is 10.5. The summed E-state index contributed by atoms with van der Waals surface area (Å²) in [6, 6.07) is 4.50. The Balaban J connectivity index is 3.12. The molecule has 4 nitrogen and oxygen atoms in total. The molecule has 0 aliphatic carbocycles. The summed E-state index contributed by atoms with van der Waals surface area (Å²) in [6.45, 7) is 1.67. The van der Waals surface area contributed by atoms with Gasteiger partial charge in [-0.25, -0.2) is 4.79 Å². The van der Waals surface area contributed by atoms with Crippen LogP contribution in [0.15, 0.2) is 18.2 Å².